The van der Waals surface area contributed by atoms with Crippen LogP contribution in [0.5, 0.6) is 5.75 Å². The van der Waals surface area contributed by atoms with Gasteiger partial charge in [-0.15, -0.1) is 0 Å². The van der Waals surface area contributed by atoms with Crippen LogP contribution in [0.15, 0.2) is 54.6 Å². The second kappa shape index (κ2) is 9.27. The Kier molecular flexibility index (Phi) is 6.77. The molecule has 0 saturated carbocycles. The highest BCUT2D eigenvalue weighted by atomic mass is 16.5. The molecule has 2 rings (SSSR count). The number of benzene rings is 2. The van der Waals surface area contributed by atoms with E-state index in [1.807, 2.05) is 24.3 Å². The minimum atomic E-state index is -1.00. The molecular formula is C20H21NO4. The Hall–Kier alpha value is -3.08. The maximum atomic E-state index is 11.9. The highest BCUT2D eigenvalue weighted by molar-refractivity contribution is 6.02. The number of hydrogen-bond acceptors (Lipinski definition) is 3. The Balaban J connectivity index is 1.87. The lowest BCUT2D eigenvalue weighted by Crippen LogP contribution is -2.08. The predicted octanol–water partition coefficient (Wildman–Crippen LogP) is 4.22. The summed E-state index contributed by atoms with van der Waals surface area (Å²) < 4.78 is 5.59. The number of aromatic carboxylic acids is 1. The van der Waals surface area contributed by atoms with Crippen molar-refractivity contribution in [1.82, 2.24) is 0 Å². The van der Waals surface area contributed by atoms with Crippen molar-refractivity contribution in [1.29, 1.82) is 0 Å². The first-order valence-corrected chi connectivity index (χ1v) is 8.14. The molecule has 0 unspecified atom stereocenters. The van der Waals surface area contributed by atoms with Gasteiger partial charge >= 0.3 is 5.97 Å². The lowest BCUT2D eigenvalue weighted by molar-refractivity contribution is -0.111. The van der Waals surface area contributed by atoms with Crippen molar-refractivity contribution in [2.45, 2.75) is 19.8 Å². The van der Waals surface area contributed by atoms with Crippen LogP contribution in [-0.2, 0) is 4.79 Å². The summed E-state index contributed by atoms with van der Waals surface area (Å²) in [7, 11) is 0. The molecule has 0 spiro atoms. The van der Waals surface area contributed by atoms with Crippen molar-refractivity contribution in [2.75, 3.05) is 11.9 Å². The largest absolute Gasteiger partial charge is 0.494 e. The van der Waals surface area contributed by atoms with Gasteiger partial charge in [-0.25, -0.2) is 4.79 Å². The third-order valence-electron chi connectivity index (χ3n) is 3.47. The average molecular weight is 339 g/mol. The van der Waals surface area contributed by atoms with E-state index in [0.717, 1.165) is 24.2 Å². The Labute approximate surface area is 146 Å². The van der Waals surface area contributed by atoms with Crippen LogP contribution in [-0.4, -0.2) is 23.6 Å². The van der Waals surface area contributed by atoms with Gasteiger partial charge < -0.3 is 15.2 Å². The normalized spacial score (nSPS) is 10.6. The summed E-state index contributed by atoms with van der Waals surface area (Å²) >= 11 is 0. The summed E-state index contributed by atoms with van der Waals surface area (Å²) in [6.45, 7) is 2.82. The molecule has 0 aliphatic carbocycles. The average Bonchev–Trinajstić information content (AvgIpc) is 2.62. The van der Waals surface area contributed by atoms with Crippen molar-refractivity contribution < 1.29 is 19.4 Å². The van der Waals surface area contributed by atoms with Crippen molar-refractivity contribution in [3.8, 4) is 5.75 Å². The van der Waals surface area contributed by atoms with Gasteiger partial charge in [0.15, 0.2) is 0 Å². The molecule has 0 aliphatic heterocycles. The van der Waals surface area contributed by atoms with Crippen LogP contribution in [0.3, 0.4) is 0 Å². The maximum absolute atomic E-state index is 11.9. The third-order valence-corrected chi connectivity index (χ3v) is 3.47. The number of anilines is 1. The molecular weight excluding hydrogens is 318 g/mol. The zero-order valence-corrected chi connectivity index (χ0v) is 14.1. The lowest BCUT2D eigenvalue weighted by Gasteiger charge is -2.05. The zero-order chi connectivity index (χ0) is 18.1. The number of hydrogen-bond donors (Lipinski definition) is 2. The van der Waals surface area contributed by atoms with Gasteiger partial charge in [0.1, 0.15) is 5.75 Å². The topological polar surface area (TPSA) is 75.6 Å². The van der Waals surface area contributed by atoms with Crippen LogP contribution in [0.1, 0.15) is 35.7 Å². The molecule has 0 radical (unpaired) electrons. The summed E-state index contributed by atoms with van der Waals surface area (Å²) in [5, 5.41) is 11.5. The van der Waals surface area contributed by atoms with E-state index in [4.69, 9.17) is 9.84 Å². The minimum absolute atomic E-state index is 0.176. The second-order valence-corrected chi connectivity index (χ2v) is 5.48. The van der Waals surface area contributed by atoms with Gasteiger partial charge in [0.25, 0.3) is 0 Å². The molecule has 5 heteroatoms. The van der Waals surface area contributed by atoms with Crippen LogP contribution in [0.4, 0.5) is 5.69 Å². The first-order valence-electron chi connectivity index (χ1n) is 8.14. The van der Waals surface area contributed by atoms with Gasteiger partial charge in [0.2, 0.25) is 5.91 Å². The number of unbranched alkanes of at least 4 members (excludes halogenated alkanes) is 1. The Bertz CT molecular complexity index is 733. The molecule has 2 aromatic carbocycles. The number of nitrogens with one attached hydrogen (secondary N) is 1. The van der Waals surface area contributed by atoms with E-state index in [2.05, 4.69) is 12.2 Å². The summed E-state index contributed by atoms with van der Waals surface area (Å²) in [5.74, 6) is -0.472. The van der Waals surface area contributed by atoms with Crippen LogP contribution in [0.2, 0.25) is 0 Å². The summed E-state index contributed by atoms with van der Waals surface area (Å²) in [6.07, 6.45) is 5.25. The highest BCUT2D eigenvalue weighted by Crippen LogP contribution is 2.14. The molecule has 1 amide bonds. The SMILES string of the molecule is CCCCOc1ccc(/C=C/C(=O)Nc2ccc(C(=O)O)cc2)cc1. The van der Waals surface area contributed by atoms with E-state index in [0.29, 0.717) is 12.3 Å². The zero-order valence-electron chi connectivity index (χ0n) is 14.1. The molecule has 0 aliphatic rings. The number of carboxylic acids is 1. The molecule has 2 aromatic rings. The van der Waals surface area contributed by atoms with Gasteiger partial charge in [-0.05, 0) is 54.5 Å². The van der Waals surface area contributed by atoms with Crippen molar-refractivity contribution in [3.63, 3.8) is 0 Å². The molecule has 0 aromatic heterocycles. The van der Waals surface area contributed by atoms with E-state index in [9.17, 15) is 9.59 Å². The standard InChI is InChI=1S/C20H21NO4/c1-2-3-14-25-18-11-4-15(5-12-18)6-13-19(22)21-17-9-7-16(8-10-17)20(23)24/h4-13H,2-3,14H2,1H3,(H,21,22)(H,23,24)/b13-6+. The van der Waals surface area contributed by atoms with Crippen LogP contribution < -0.4 is 10.1 Å². The molecule has 130 valence electrons. The van der Waals surface area contributed by atoms with Gasteiger partial charge in [-0.2, -0.15) is 0 Å². The molecule has 0 heterocycles. The second-order valence-electron chi connectivity index (χ2n) is 5.48. The number of carbonyl (C=O) groups is 2. The van der Waals surface area contributed by atoms with Gasteiger partial charge in [-0.3, -0.25) is 4.79 Å². The van der Waals surface area contributed by atoms with Gasteiger partial charge in [0.05, 0.1) is 12.2 Å². The smallest absolute Gasteiger partial charge is 0.335 e. The molecule has 0 saturated heterocycles. The number of rotatable bonds is 8. The molecule has 0 atom stereocenters. The number of ether oxygens (including phenoxy) is 1. The number of carbonyl (C=O) groups excluding carboxylic acids is 1. The van der Waals surface area contributed by atoms with Crippen LogP contribution in [0.25, 0.3) is 6.08 Å². The van der Waals surface area contributed by atoms with Gasteiger partial charge in [-0.1, -0.05) is 25.5 Å². The van der Waals surface area contributed by atoms with Crippen molar-refractivity contribution >= 4 is 23.6 Å². The van der Waals surface area contributed by atoms with E-state index in [-0.39, 0.29) is 11.5 Å². The lowest BCUT2D eigenvalue weighted by atomic mass is 10.2. The van der Waals surface area contributed by atoms with E-state index >= 15 is 0 Å². The molecule has 0 fully saturated rings. The van der Waals surface area contributed by atoms with E-state index < -0.39 is 5.97 Å². The fourth-order valence-corrected chi connectivity index (χ4v) is 2.06. The number of amides is 1. The fourth-order valence-electron chi connectivity index (χ4n) is 2.06. The maximum Gasteiger partial charge on any atom is 0.335 e. The molecule has 5 nitrogen and oxygen atoms in total. The molecule has 25 heavy (non-hydrogen) atoms. The Morgan fingerprint density at radius 3 is 2.36 bits per heavy atom. The summed E-state index contributed by atoms with van der Waals surface area (Å²) in [4.78, 5) is 22.7. The third kappa shape index (κ3) is 6.14. The van der Waals surface area contributed by atoms with Crippen molar-refractivity contribution in [2.24, 2.45) is 0 Å². The highest BCUT2D eigenvalue weighted by Gasteiger charge is 2.03. The predicted molar refractivity (Wildman–Crippen MR) is 97.9 cm³/mol. The van der Waals surface area contributed by atoms with Crippen molar-refractivity contribution in [3.05, 3.63) is 65.7 Å². The summed E-state index contributed by atoms with van der Waals surface area (Å²) in [5.41, 5.74) is 1.60. The minimum Gasteiger partial charge on any atom is -0.494 e. The molecule has 2 N–H and O–H groups in total. The summed E-state index contributed by atoms with van der Waals surface area (Å²) in [6, 6.07) is 13.5. The quantitative estimate of drug-likeness (QED) is 0.558. The Morgan fingerprint density at radius 2 is 1.76 bits per heavy atom. The van der Waals surface area contributed by atoms with E-state index in [1.165, 1.54) is 18.2 Å². The van der Waals surface area contributed by atoms with Gasteiger partial charge in [0, 0.05) is 11.8 Å². The molecule has 0 bridgehead atoms. The van der Waals surface area contributed by atoms with Crippen LogP contribution >= 0.6 is 0 Å². The number of carboxylic acid groups (broad SMARTS) is 1. The Morgan fingerprint density at radius 1 is 1.08 bits per heavy atom. The fraction of sp³-hybridized carbons (Fsp3) is 0.200. The first kappa shape index (κ1) is 18.3. The van der Waals surface area contributed by atoms with Crippen LogP contribution in [0, 0.1) is 0 Å². The monoisotopic (exact) mass is 339 g/mol. The van der Waals surface area contributed by atoms with E-state index in [1.54, 1.807) is 18.2 Å². The first-order chi connectivity index (χ1) is 12.1.